The summed E-state index contributed by atoms with van der Waals surface area (Å²) in [5.74, 6) is 1.29. The molecule has 4 amide bonds. The summed E-state index contributed by atoms with van der Waals surface area (Å²) in [4.78, 5) is 58.3. The SMILES string of the molecule is Cc1nc(NC(=O)C2CC2)ncc1-c1nncc(NCCc2cn3cc(N4C(=O)N(C)C(=O)C4C4CC4)ccc3n2)n1. The molecule has 0 bridgehead atoms. The molecule has 3 aliphatic rings. The van der Waals surface area contributed by atoms with Crippen LogP contribution in [0, 0.1) is 18.8 Å². The minimum Gasteiger partial charge on any atom is -0.368 e. The zero-order chi connectivity index (χ0) is 29.0. The monoisotopic (exact) mass is 567 g/mol. The molecular weight excluding hydrogens is 538 g/mol. The zero-order valence-electron chi connectivity index (χ0n) is 23.2. The predicted octanol–water partition coefficient (Wildman–Crippen LogP) is 2.46. The molecule has 0 spiro atoms. The summed E-state index contributed by atoms with van der Waals surface area (Å²) in [5.41, 5.74) is 3.55. The van der Waals surface area contributed by atoms with E-state index in [0.29, 0.717) is 41.6 Å². The molecule has 7 rings (SSSR count). The number of rotatable bonds is 9. The van der Waals surface area contributed by atoms with E-state index in [1.807, 2.05) is 35.9 Å². The van der Waals surface area contributed by atoms with Crippen molar-refractivity contribution in [3.63, 3.8) is 0 Å². The van der Waals surface area contributed by atoms with Gasteiger partial charge in [-0.3, -0.25) is 24.7 Å². The highest BCUT2D eigenvalue weighted by molar-refractivity contribution is 6.14. The highest BCUT2D eigenvalue weighted by Crippen LogP contribution is 2.41. The molecule has 1 saturated heterocycles. The number of hydrogen-bond donors (Lipinski definition) is 2. The molecule has 3 fully saturated rings. The number of nitrogens with zero attached hydrogens (tertiary/aromatic N) is 9. The maximum Gasteiger partial charge on any atom is 0.331 e. The smallest absolute Gasteiger partial charge is 0.331 e. The third kappa shape index (κ3) is 4.88. The molecule has 2 saturated carbocycles. The molecule has 0 aromatic carbocycles. The van der Waals surface area contributed by atoms with Crippen LogP contribution in [0.15, 0.2) is 36.9 Å². The lowest BCUT2D eigenvalue weighted by Gasteiger charge is -2.21. The summed E-state index contributed by atoms with van der Waals surface area (Å²) >= 11 is 0. The van der Waals surface area contributed by atoms with Crippen LogP contribution in [0.2, 0.25) is 0 Å². The van der Waals surface area contributed by atoms with Gasteiger partial charge in [0.25, 0.3) is 5.91 Å². The van der Waals surface area contributed by atoms with Crippen molar-refractivity contribution in [2.75, 3.05) is 29.1 Å². The van der Waals surface area contributed by atoms with E-state index in [-0.39, 0.29) is 35.6 Å². The Bertz CT molecular complexity index is 1730. The number of hydrogen-bond acceptors (Lipinski definition) is 10. The molecule has 2 N–H and O–H groups in total. The van der Waals surface area contributed by atoms with Gasteiger partial charge in [0.2, 0.25) is 11.9 Å². The maximum absolute atomic E-state index is 12.8. The Kier molecular flexibility index (Phi) is 6.25. The van der Waals surface area contributed by atoms with Crippen LogP contribution < -0.4 is 15.5 Å². The van der Waals surface area contributed by atoms with Gasteiger partial charge in [-0.15, -0.1) is 5.10 Å². The summed E-state index contributed by atoms with van der Waals surface area (Å²) in [7, 11) is 1.54. The van der Waals surface area contributed by atoms with Crippen LogP contribution in [-0.2, 0) is 16.0 Å². The minimum atomic E-state index is -0.431. The molecule has 14 nitrogen and oxygen atoms in total. The van der Waals surface area contributed by atoms with Gasteiger partial charge in [0, 0.05) is 44.5 Å². The number of urea groups is 1. The normalized spacial score (nSPS) is 18.7. The van der Waals surface area contributed by atoms with Crippen molar-refractivity contribution in [3.8, 4) is 11.4 Å². The number of imidazole rings is 1. The van der Waals surface area contributed by atoms with E-state index < -0.39 is 6.04 Å². The largest absolute Gasteiger partial charge is 0.368 e. The molecule has 14 heteroatoms. The lowest BCUT2D eigenvalue weighted by Crippen LogP contribution is -2.36. The van der Waals surface area contributed by atoms with E-state index in [1.54, 1.807) is 24.3 Å². The molecule has 0 radical (unpaired) electrons. The Labute approximate surface area is 240 Å². The Morgan fingerprint density at radius 2 is 1.88 bits per heavy atom. The van der Waals surface area contributed by atoms with Crippen LogP contribution in [0.4, 0.5) is 22.2 Å². The number of fused-ring (bicyclic) bond motifs is 1. The molecule has 5 heterocycles. The second kappa shape index (κ2) is 10.1. The fourth-order valence-electron chi connectivity index (χ4n) is 5.20. The molecular formula is C28H29N11O3. The van der Waals surface area contributed by atoms with E-state index in [4.69, 9.17) is 4.98 Å². The minimum absolute atomic E-state index is 0.0504. The van der Waals surface area contributed by atoms with Gasteiger partial charge in [0.05, 0.1) is 28.8 Å². The average Bonchev–Trinajstić information content (AvgIpc) is 3.91. The lowest BCUT2D eigenvalue weighted by atomic mass is 10.1. The molecule has 4 aromatic rings. The number of likely N-dealkylation sites (N-methyl/N-ethyl adjacent to an activating group) is 1. The topological polar surface area (TPSA) is 164 Å². The highest BCUT2D eigenvalue weighted by atomic mass is 16.2. The van der Waals surface area contributed by atoms with E-state index in [0.717, 1.165) is 37.0 Å². The van der Waals surface area contributed by atoms with Gasteiger partial charge in [-0.2, -0.15) is 5.10 Å². The van der Waals surface area contributed by atoms with Crippen LogP contribution >= 0.6 is 0 Å². The molecule has 2 aliphatic carbocycles. The van der Waals surface area contributed by atoms with Gasteiger partial charge < -0.3 is 9.72 Å². The van der Waals surface area contributed by atoms with Crippen LogP contribution in [0.1, 0.15) is 37.1 Å². The number of aryl methyl sites for hydroxylation is 1. The van der Waals surface area contributed by atoms with Crippen molar-refractivity contribution in [2.45, 2.75) is 45.1 Å². The van der Waals surface area contributed by atoms with Crippen LogP contribution in [-0.4, -0.2) is 76.9 Å². The first-order chi connectivity index (χ1) is 20.4. The summed E-state index contributed by atoms with van der Waals surface area (Å²) in [6.45, 7) is 2.36. The van der Waals surface area contributed by atoms with Gasteiger partial charge in [-0.25, -0.2) is 24.7 Å². The van der Waals surface area contributed by atoms with Crippen molar-refractivity contribution < 1.29 is 14.4 Å². The number of carbonyl (C=O) groups excluding carboxylic acids is 3. The second-order valence-corrected chi connectivity index (χ2v) is 11.0. The van der Waals surface area contributed by atoms with Crippen LogP contribution in [0.5, 0.6) is 0 Å². The van der Waals surface area contributed by atoms with Crippen molar-refractivity contribution in [1.82, 2.24) is 39.4 Å². The summed E-state index contributed by atoms with van der Waals surface area (Å²) in [6, 6.07) is 2.98. The molecule has 42 heavy (non-hydrogen) atoms. The van der Waals surface area contributed by atoms with E-state index in [2.05, 4.69) is 35.8 Å². The van der Waals surface area contributed by atoms with Crippen molar-refractivity contribution in [1.29, 1.82) is 0 Å². The van der Waals surface area contributed by atoms with Crippen LogP contribution in [0.25, 0.3) is 17.0 Å². The summed E-state index contributed by atoms with van der Waals surface area (Å²) < 4.78 is 1.88. The first kappa shape index (κ1) is 25.9. The Morgan fingerprint density at radius 3 is 2.64 bits per heavy atom. The highest BCUT2D eigenvalue weighted by Gasteiger charge is 2.51. The zero-order valence-corrected chi connectivity index (χ0v) is 23.2. The van der Waals surface area contributed by atoms with Gasteiger partial charge in [-0.05, 0) is 50.7 Å². The Morgan fingerprint density at radius 1 is 1.05 bits per heavy atom. The summed E-state index contributed by atoms with van der Waals surface area (Å²) in [6.07, 6.45) is 11.3. The number of carbonyl (C=O) groups is 3. The second-order valence-electron chi connectivity index (χ2n) is 11.0. The van der Waals surface area contributed by atoms with Gasteiger partial charge in [0.1, 0.15) is 17.5 Å². The number of nitrogens with one attached hydrogen (secondary N) is 2. The van der Waals surface area contributed by atoms with Crippen molar-refractivity contribution in [3.05, 3.63) is 48.3 Å². The summed E-state index contributed by atoms with van der Waals surface area (Å²) in [5, 5.41) is 14.2. The lowest BCUT2D eigenvalue weighted by molar-refractivity contribution is -0.126. The number of imide groups is 1. The van der Waals surface area contributed by atoms with Gasteiger partial charge in [0.15, 0.2) is 5.82 Å². The van der Waals surface area contributed by atoms with E-state index in [9.17, 15) is 14.4 Å². The van der Waals surface area contributed by atoms with E-state index >= 15 is 0 Å². The number of anilines is 3. The first-order valence-electron chi connectivity index (χ1n) is 14.0. The third-order valence-corrected chi connectivity index (χ3v) is 7.84. The van der Waals surface area contributed by atoms with Crippen molar-refractivity contribution in [2.24, 2.45) is 11.8 Å². The third-order valence-electron chi connectivity index (χ3n) is 7.84. The average molecular weight is 568 g/mol. The fraction of sp³-hybridized carbons (Fsp3) is 0.393. The number of aromatic nitrogens is 7. The van der Waals surface area contributed by atoms with Gasteiger partial charge >= 0.3 is 6.03 Å². The fourth-order valence-corrected chi connectivity index (χ4v) is 5.20. The van der Waals surface area contributed by atoms with Crippen LogP contribution in [0.3, 0.4) is 0 Å². The molecule has 1 aliphatic heterocycles. The molecule has 1 atom stereocenters. The quantitative estimate of drug-likeness (QED) is 0.287. The van der Waals surface area contributed by atoms with Crippen molar-refractivity contribution >= 4 is 40.9 Å². The standard InChI is InChI=1S/C28H29N11O3/c1-15-20(11-30-27(32-15)35-25(40)17-5-6-17)24-34-21(12-31-36-24)29-10-9-18-13-38-14-19(7-8-22(38)33-18)39-23(16-3-4-16)26(41)37(2)28(39)42/h7-8,11-14,16-17,23H,3-6,9-10H2,1-2H3,(H,29,34,36)(H,30,32,35,40). The van der Waals surface area contributed by atoms with E-state index in [1.165, 1.54) is 4.90 Å². The molecule has 214 valence electrons. The first-order valence-corrected chi connectivity index (χ1v) is 14.0. The predicted molar refractivity (Wildman–Crippen MR) is 151 cm³/mol. The molecule has 1 unspecified atom stereocenters. The Hall–Kier alpha value is -5.01. The molecule has 4 aromatic heterocycles. The number of pyridine rings is 1. The Balaban J connectivity index is 1.01. The van der Waals surface area contributed by atoms with Gasteiger partial charge in [-0.1, -0.05) is 0 Å². The maximum atomic E-state index is 12.8. The number of amides is 4.